The molecule has 1 aromatic carbocycles. The Morgan fingerprint density at radius 2 is 1.85 bits per heavy atom. The third-order valence-corrected chi connectivity index (χ3v) is 4.44. The van der Waals surface area contributed by atoms with Gasteiger partial charge in [-0.1, -0.05) is 37.3 Å². The molecule has 0 amide bonds. The molecule has 1 aromatic heterocycles. The van der Waals surface area contributed by atoms with Gasteiger partial charge in [-0.05, 0) is 31.4 Å². The second-order valence-corrected chi connectivity index (χ2v) is 6.84. The summed E-state index contributed by atoms with van der Waals surface area (Å²) in [7, 11) is 1.76. The predicted octanol–water partition coefficient (Wildman–Crippen LogP) is 2.70. The smallest absolute Gasteiger partial charge is 0.191 e. The van der Waals surface area contributed by atoms with Crippen molar-refractivity contribution < 1.29 is 5.11 Å². The van der Waals surface area contributed by atoms with Gasteiger partial charge in [-0.25, -0.2) is 0 Å². The van der Waals surface area contributed by atoms with E-state index < -0.39 is 0 Å². The van der Waals surface area contributed by atoms with E-state index in [0.29, 0.717) is 12.5 Å². The molecule has 0 spiro atoms. The van der Waals surface area contributed by atoms with E-state index in [1.165, 1.54) is 5.69 Å². The van der Waals surface area contributed by atoms with Crippen LogP contribution in [0.15, 0.2) is 41.4 Å². The fraction of sp³-hybridized carbons (Fsp3) is 0.500. The molecule has 0 fully saturated rings. The van der Waals surface area contributed by atoms with Crippen LogP contribution in [0.1, 0.15) is 29.8 Å². The molecule has 0 saturated carbocycles. The van der Waals surface area contributed by atoms with Crippen molar-refractivity contribution in [3.8, 4) is 0 Å². The summed E-state index contributed by atoms with van der Waals surface area (Å²) in [4.78, 5) is 4.28. The van der Waals surface area contributed by atoms with Gasteiger partial charge in [0.05, 0.1) is 12.3 Å². The molecule has 0 bridgehead atoms. The Balaban J connectivity index is 0.00000364. The van der Waals surface area contributed by atoms with Gasteiger partial charge in [0.25, 0.3) is 0 Å². The predicted molar refractivity (Wildman–Crippen MR) is 122 cm³/mol. The SMILES string of the molecule is CN=C(NCC(C)Cn1nc(C)cc1C)NCC(CO)c1ccccc1.I. The maximum absolute atomic E-state index is 9.67. The second kappa shape index (κ2) is 12.0. The van der Waals surface area contributed by atoms with Gasteiger partial charge in [0.1, 0.15) is 0 Å². The van der Waals surface area contributed by atoms with Crippen molar-refractivity contribution in [3.05, 3.63) is 53.3 Å². The van der Waals surface area contributed by atoms with Crippen molar-refractivity contribution in [2.75, 3.05) is 26.7 Å². The Kier molecular flexibility index (Phi) is 10.4. The molecule has 0 radical (unpaired) electrons. The highest BCUT2D eigenvalue weighted by molar-refractivity contribution is 14.0. The van der Waals surface area contributed by atoms with Crippen molar-refractivity contribution in [1.82, 2.24) is 20.4 Å². The molecule has 2 atom stereocenters. The van der Waals surface area contributed by atoms with Crippen LogP contribution in [0, 0.1) is 19.8 Å². The Labute approximate surface area is 179 Å². The van der Waals surface area contributed by atoms with Crippen molar-refractivity contribution in [1.29, 1.82) is 0 Å². The molecule has 0 aliphatic rings. The number of guanidine groups is 1. The Hall–Kier alpha value is -1.61. The van der Waals surface area contributed by atoms with Crippen LogP contribution < -0.4 is 10.6 Å². The van der Waals surface area contributed by atoms with Crippen LogP contribution in [0.2, 0.25) is 0 Å². The van der Waals surface area contributed by atoms with Gasteiger partial charge >= 0.3 is 0 Å². The van der Waals surface area contributed by atoms with Gasteiger partial charge < -0.3 is 15.7 Å². The van der Waals surface area contributed by atoms with Crippen LogP contribution >= 0.6 is 24.0 Å². The zero-order chi connectivity index (χ0) is 18.9. The summed E-state index contributed by atoms with van der Waals surface area (Å²) >= 11 is 0. The Morgan fingerprint density at radius 1 is 1.19 bits per heavy atom. The quantitative estimate of drug-likeness (QED) is 0.306. The van der Waals surface area contributed by atoms with Crippen LogP contribution in [0.3, 0.4) is 0 Å². The standard InChI is InChI=1S/C20H31N5O.HI/c1-15(13-25-17(3)10-16(2)24-25)11-22-20(21-4)23-12-19(14-26)18-8-6-5-7-9-18;/h5-10,15,19,26H,11-14H2,1-4H3,(H2,21,22,23);1H. The maximum Gasteiger partial charge on any atom is 0.191 e. The molecule has 0 aliphatic heterocycles. The first-order chi connectivity index (χ1) is 12.5. The van der Waals surface area contributed by atoms with Crippen molar-refractivity contribution in [3.63, 3.8) is 0 Å². The largest absolute Gasteiger partial charge is 0.396 e. The third-order valence-electron chi connectivity index (χ3n) is 4.44. The Morgan fingerprint density at radius 3 is 2.41 bits per heavy atom. The molecule has 150 valence electrons. The topological polar surface area (TPSA) is 74.5 Å². The number of halogens is 1. The number of aliphatic hydroxyl groups excluding tert-OH is 1. The van der Waals surface area contributed by atoms with Gasteiger partial charge in [-0.2, -0.15) is 5.10 Å². The average Bonchev–Trinajstić information content (AvgIpc) is 2.96. The highest BCUT2D eigenvalue weighted by atomic mass is 127. The molecule has 0 aliphatic carbocycles. The molecule has 2 aromatic rings. The number of rotatable bonds is 8. The highest BCUT2D eigenvalue weighted by Crippen LogP contribution is 2.13. The minimum Gasteiger partial charge on any atom is -0.396 e. The zero-order valence-electron chi connectivity index (χ0n) is 16.6. The molecule has 6 nitrogen and oxygen atoms in total. The van der Waals surface area contributed by atoms with E-state index in [9.17, 15) is 5.11 Å². The van der Waals surface area contributed by atoms with E-state index in [2.05, 4.69) is 45.3 Å². The van der Waals surface area contributed by atoms with E-state index >= 15 is 0 Å². The Bertz CT molecular complexity index is 702. The number of aryl methyl sites for hydroxylation is 2. The summed E-state index contributed by atoms with van der Waals surface area (Å²) in [5.74, 6) is 1.20. The molecule has 7 heteroatoms. The number of benzene rings is 1. The number of nitrogens with zero attached hydrogens (tertiary/aromatic N) is 3. The van der Waals surface area contributed by atoms with Gasteiger partial charge in [-0.3, -0.25) is 9.67 Å². The van der Waals surface area contributed by atoms with Crippen LogP contribution in [-0.2, 0) is 6.54 Å². The first-order valence-electron chi connectivity index (χ1n) is 9.14. The monoisotopic (exact) mass is 485 g/mol. The fourth-order valence-corrected chi connectivity index (χ4v) is 2.94. The molecule has 3 N–H and O–H groups in total. The number of aromatic nitrogens is 2. The average molecular weight is 485 g/mol. The summed E-state index contributed by atoms with van der Waals surface area (Å²) in [5, 5.41) is 20.9. The maximum atomic E-state index is 9.67. The van der Waals surface area contributed by atoms with E-state index in [1.807, 2.05) is 37.3 Å². The summed E-state index contributed by atoms with van der Waals surface area (Å²) in [5.41, 5.74) is 3.36. The summed E-state index contributed by atoms with van der Waals surface area (Å²) in [6, 6.07) is 12.1. The van der Waals surface area contributed by atoms with Gasteiger partial charge in [0.2, 0.25) is 0 Å². The third kappa shape index (κ3) is 7.50. The van der Waals surface area contributed by atoms with Gasteiger partial charge in [-0.15, -0.1) is 24.0 Å². The second-order valence-electron chi connectivity index (χ2n) is 6.84. The fourth-order valence-electron chi connectivity index (χ4n) is 2.94. The lowest BCUT2D eigenvalue weighted by Crippen LogP contribution is -2.42. The van der Waals surface area contributed by atoms with Crippen molar-refractivity contribution in [2.24, 2.45) is 10.9 Å². The molecular formula is C20H32IN5O. The minimum absolute atomic E-state index is 0. The molecule has 2 rings (SSSR count). The highest BCUT2D eigenvalue weighted by Gasteiger charge is 2.12. The van der Waals surface area contributed by atoms with E-state index in [0.717, 1.165) is 30.3 Å². The molecule has 27 heavy (non-hydrogen) atoms. The minimum atomic E-state index is 0. The summed E-state index contributed by atoms with van der Waals surface area (Å²) < 4.78 is 2.05. The first-order valence-corrected chi connectivity index (χ1v) is 9.14. The number of aliphatic imine (C=N–C) groups is 1. The molecule has 0 saturated heterocycles. The van der Waals surface area contributed by atoms with Crippen molar-refractivity contribution in [2.45, 2.75) is 33.2 Å². The number of nitrogens with one attached hydrogen (secondary N) is 2. The van der Waals surface area contributed by atoms with E-state index in [-0.39, 0.29) is 36.5 Å². The van der Waals surface area contributed by atoms with Crippen LogP contribution in [0.25, 0.3) is 0 Å². The number of aliphatic hydroxyl groups is 1. The van der Waals surface area contributed by atoms with E-state index in [1.54, 1.807) is 7.05 Å². The van der Waals surface area contributed by atoms with Gasteiger partial charge in [0.15, 0.2) is 5.96 Å². The molecule has 1 heterocycles. The summed E-state index contributed by atoms with van der Waals surface area (Å²) in [6.45, 7) is 8.69. The number of hydrogen-bond donors (Lipinski definition) is 3. The first kappa shape index (κ1) is 23.4. The van der Waals surface area contributed by atoms with Crippen molar-refractivity contribution >= 4 is 29.9 Å². The number of hydrogen-bond acceptors (Lipinski definition) is 3. The van der Waals surface area contributed by atoms with Crippen LogP contribution in [-0.4, -0.2) is 47.6 Å². The van der Waals surface area contributed by atoms with Gasteiger partial charge in [0, 0.05) is 38.3 Å². The lowest BCUT2D eigenvalue weighted by atomic mass is 10.0. The molecular weight excluding hydrogens is 453 g/mol. The lowest BCUT2D eigenvalue weighted by Gasteiger charge is -2.20. The zero-order valence-corrected chi connectivity index (χ0v) is 19.0. The van der Waals surface area contributed by atoms with E-state index in [4.69, 9.17) is 0 Å². The van der Waals surface area contributed by atoms with Crippen LogP contribution in [0.5, 0.6) is 0 Å². The summed E-state index contributed by atoms with van der Waals surface area (Å²) in [6.07, 6.45) is 0. The lowest BCUT2D eigenvalue weighted by molar-refractivity contribution is 0.265. The molecule has 2 unspecified atom stereocenters. The normalized spacial score (nSPS) is 13.6. The van der Waals surface area contributed by atoms with Crippen LogP contribution in [0.4, 0.5) is 0 Å².